The van der Waals surface area contributed by atoms with Gasteiger partial charge in [0.25, 0.3) is 5.91 Å². The number of sulfone groups is 2. The Kier molecular flexibility index (Phi) is 7.88. The number of rotatable bonds is 10. The molecule has 224 valence electrons. The summed E-state index contributed by atoms with van der Waals surface area (Å²) in [5.74, 6) is -1.86. The van der Waals surface area contributed by atoms with Gasteiger partial charge in [-0.1, -0.05) is 42.5 Å². The number of aryl methyl sites for hydroxylation is 1. The molecule has 1 aromatic heterocycles. The first kappa shape index (κ1) is 29.7. The van der Waals surface area contributed by atoms with Gasteiger partial charge in [0.1, 0.15) is 27.3 Å². The van der Waals surface area contributed by atoms with Crippen LogP contribution in [0.3, 0.4) is 0 Å². The van der Waals surface area contributed by atoms with Crippen LogP contribution < -0.4 is 0 Å². The standard InChI is InChI=1S/C28H33N5O7S2/c1-28(23-11-5-8-20-7-3-4-10-22(20)23)26(35)32(13-6-9-21-17-29-19-30-21)27(36)33(28)18-24(34)31-14-16-42(39,40)25(31)12-15-41(2,37)38/h3-5,7-8,10-11,17,19,25H,6,9,12-16,18H2,1-2H3,(H,29,30). The second kappa shape index (κ2) is 11.1. The minimum Gasteiger partial charge on any atom is -0.348 e. The van der Waals surface area contributed by atoms with Crippen LogP contribution >= 0.6 is 0 Å². The summed E-state index contributed by atoms with van der Waals surface area (Å²) in [4.78, 5) is 52.2. The second-order valence-corrected chi connectivity index (χ2v) is 15.5. The second-order valence-electron chi connectivity index (χ2n) is 10.9. The van der Waals surface area contributed by atoms with Crippen molar-refractivity contribution in [3.63, 3.8) is 0 Å². The van der Waals surface area contributed by atoms with Crippen molar-refractivity contribution in [2.75, 3.05) is 37.4 Å². The highest BCUT2D eigenvalue weighted by Crippen LogP contribution is 2.41. The fourth-order valence-electron chi connectivity index (χ4n) is 5.85. The number of carbonyl (C=O) groups excluding carboxylic acids is 3. The first-order chi connectivity index (χ1) is 19.8. The summed E-state index contributed by atoms with van der Waals surface area (Å²) in [6, 6.07) is 12.2. The van der Waals surface area contributed by atoms with Crippen molar-refractivity contribution in [2.45, 2.75) is 37.1 Å². The Morgan fingerprint density at radius 3 is 2.60 bits per heavy atom. The van der Waals surface area contributed by atoms with E-state index in [1.54, 1.807) is 31.6 Å². The van der Waals surface area contributed by atoms with Crippen LogP contribution in [0.25, 0.3) is 10.8 Å². The zero-order valence-corrected chi connectivity index (χ0v) is 25.0. The SMILES string of the molecule is CC1(c2cccc3ccccc23)C(=O)N(CCCc2cnc[nH]2)C(=O)N1CC(=O)N1CCS(=O)(=O)C1CCS(C)(=O)=O. The number of benzene rings is 2. The summed E-state index contributed by atoms with van der Waals surface area (Å²) in [5, 5.41) is 0.282. The van der Waals surface area contributed by atoms with E-state index >= 15 is 0 Å². The van der Waals surface area contributed by atoms with Crippen LogP contribution in [0.5, 0.6) is 0 Å². The summed E-state index contributed by atoms with van der Waals surface area (Å²) in [7, 11) is -7.25. The summed E-state index contributed by atoms with van der Waals surface area (Å²) >= 11 is 0. The topological polar surface area (TPSA) is 158 Å². The van der Waals surface area contributed by atoms with Crippen molar-refractivity contribution in [1.82, 2.24) is 24.7 Å². The first-order valence-electron chi connectivity index (χ1n) is 13.6. The number of hydrogen-bond donors (Lipinski definition) is 1. The van der Waals surface area contributed by atoms with Gasteiger partial charge in [0.05, 0.1) is 17.8 Å². The molecule has 2 aliphatic rings. The van der Waals surface area contributed by atoms with E-state index in [0.717, 1.165) is 32.5 Å². The minimum atomic E-state index is -3.76. The lowest BCUT2D eigenvalue weighted by atomic mass is 9.86. The minimum absolute atomic E-state index is 0.108. The van der Waals surface area contributed by atoms with Gasteiger partial charge in [0.15, 0.2) is 9.84 Å². The van der Waals surface area contributed by atoms with Crippen LogP contribution in [0.4, 0.5) is 4.79 Å². The molecule has 1 N–H and O–H groups in total. The maximum atomic E-state index is 14.1. The summed E-state index contributed by atoms with van der Waals surface area (Å²) in [6.45, 7) is 1.05. The van der Waals surface area contributed by atoms with E-state index < -0.39 is 60.7 Å². The fourth-order valence-corrected chi connectivity index (χ4v) is 8.46. The molecule has 0 radical (unpaired) electrons. The summed E-state index contributed by atoms with van der Waals surface area (Å²) in [5.41, 5.74) is -0.151. The van der Waals surface area contributed by atoms with Crippen molar-refractivity contribution >= 4 is 48.3 Å². The van der Waals surface area contributed by atoms with Crippen LogP contribution in [0.2, 0.25) is 0 Å². The molecule has 4 amide bonds. The van der Waals surface area contributed by atoms with Crippen LogP contribution in [0.1, 0.15) is 31.0 Å². The normalized spacial score (nSPS) is 22.4. The first-order valence-corrected chi connectivity index (χ1v) is 17.4. The number of aromatic amines is 1. The van der Waals surface area contributed by atoms with Crippen LogP contribution in [0, 0.1) is 0 Å². The molecule has 2 aromatic carbocycles. The lowest BCUT2D eigenvalue weighted by Gasteiger charge is -2.34. The Morgan fingerprint density at radius 1 is 1.14 bits per heavy atom. The van der Waals surface area contributed by atoms with Crippen LogP contribution in [-0.2, 0) is 41.2 Å². The Balaban J connectivity index is 1.48. The van der Waals surface area contributed by atoms with Crippen molar-refractivity contribution < 1.29 is 31.2 Å². The Labute approximate surface area is 244 Å². The number of nitrogens with one attached hydrogen (secondary N) is 1. The van der Waals surface area contributed by atoms with E-state index in [-0.39, 0.29) is 25.3 Å². The van der Waals surface area contributed by atoms with E-state index in [2.05, 4.69) is 9.97 Å². The smallest absolute Gasteiger partial charge is 0.328 e. The van der Waals surface area contributed by atoms with E-state index in [0.29, 0.717) is 18.4 Å². The molecule has 2 aliphatic heterocycles. The molecule has 0 aliphatic carbocycles. The highest BCUT2D eigenvalue weighted by molar-refractivity contribution is 7.92. The summed E-state index contributed by atoms with van der Waals surface area (Å²) < 4.78 is 49.1. The summed E-state index contributed by atoms with van der Waals surface area (Å²) in [6.07, 6.45) is 4.98. The maximum absolute atomic E-state index is 14.1. The third kappa shape index (κ3) is 5.52. The third-order valence-electron chi connectivity index (χ3n) is 8.09. The van der Waals surface area contributed by atoms with Crippen molar-refractivity contribution in [3.05, 3.63) is 66.2 Å². The highest BCUT2D eigenvalue weighted by atomic mass is 32.2. The molecule has 14 heteroatoms. The lowest BCUT2D eigenvalue weighted by molar-refractivity contribution is -0.136. The lowest BCUT2D eigenvalue weighted by Crippen LogP contribution is -2.51. The number of fused-ring (bicyclic) bond motifs is 1. The quantitative estimate of drug-likeness (QED) is 0.338. The number of amides is 4. The zero-order valence-electron chi connectivity index (χ0n) is 23.4. The number of hydrogen-bond acceptors (Lipinski definition) is 8. The van der Waals surface area contributed by atoms with E-state index in [1.807, 2.05) is 30.3 Å². The fraction of sp³-hybridized carbons (Fsp3) is 0.429. The van der Waals surface area contributed by atoms with Crippen molar-refractivity contribution in [2.24, 2.45) is 0 Å². The predicted octanol–water partition coefficient (Wildman–Crippen LogP) is 1.69. The highest BCUT2D eigenvalue weighted by Gasteiger charge is 2.56. The van der Waals surface area contributed by atoms with E-state index in [4.69, 9.17) is 0 Å². The van der Waals surface area contributed by atoms with Crippen molar-refractivity contribution in [3.8, 4) is 0 Å². The molecule has 42 heavy (non-hydrogen) atoms. The molecule has 3 aromatic rings. The Morgan fingerprint density at radius 2 is 1.88 bits per heavy atom. The van der Waals surface area contributed by atoms with Gasteiger partial charge in [-0.05, 0) is 42.5 Å². The molecule has 12 nitrogen and oxygen atoms in total. The molecule has 2 fully saturated rings. The number of carbonyl (C=O) groups is 3. The predicted molar refractivity (Wildman–Crippen MR) is 156 cm³/mol. The van der Waals surface area contributed by atoms with Gasteiger partial charge in [-0.15, -0.1) is 0 Å². The van der Waals surface area contributed by atoms with E-state index in [9.17, 15) is 31.2 Å². The van der Waals surface area contributed by atoms with Gasteiger partial charge in [-0.3, -0.25) is 19.4 Å². The van der Waals surface area contributed by atoms with Gasteiger partial charge in [-0.2, -0.15) is 0 Å². The largest absolute Gasteiger partial charge is 0.348 e. The number of imide groups is 1. The van der Waals surface area contributed by atoms with Gasteiger partial charge >= 0.3 is 6.03 Å². The average molecular weight is 616 g/mol. The van der Waals surface area contributed by atoms with Gasteiger partial charge in [0.2, 0.25) is 5.91 Å². The Hall–Kier alpha value is -3.78. The van der Waals surface area contributed by atoms with E-state index in [1.165, 1.54) is 4.90 Å². The number of H-pyrrole nitrogens is 1. The maximum Gasteiger partial charge on any atom is 0.328 e. The zero-order chi connectivity index (χ0) is 30.3. The molecule has 0 bridgehead atoms. The molecular formula is C28H33N5O7S2. The monoisotopic (exact) mass is 615 g/mol. The average Bonchev–Trinajstić information content (AvgIpc) is 3.61. The molecule has 0 spiro atoms. The third-order valence-corrected chi connectivity index (χ3v) is 11.1. The molecule has 2 atom stereocenters. The molecule has 2 unspecified atom stereocenters. The molecule has 5 rings (SSSR count). The number of aromatic nitrogens is 2. The Bertz CT molecular complexity index is 1740. The number of imidazole rings is 1. The van der Waals surface area contributed by atoms with Gasteiger partial charge in [-0.25, -0.2) is 26.6 Å². The van der Waals surface area contributed by atoms with Crippen molar-refractivity contribution in [1.29, 1.82) is 0 Å². The van der Waals surface area contributed by atoms with Gasteiger partial charge in [0, 0.05) is 31.2 Å². The molecule has 0 saturated carbocycles. The number of urea groups is 1. The van der Waals surface area contributed by atoms with Crippen LogP contribution in [0.15, 0.2) is 55.0 Å². The number of nitrogens with zero attached hydrogens (tertiary/aromatic N) is 4. The van der Waals surface area contributed by atoms with Gasteiger partial charge < -0.3 is 9.88 Å². The molecule has 3 heterocycles. The molecular weight excluding hydrogens is 582 g/mol. The van der Waals surface area contributed by atoms with Crippen LogP contribution in [-0.4, -0.2) is 102 Å². The molecule has 2 saturated heterocycles.